The number of nitriles is 1. The number of methoxy groups -OCH3 is 1. The van der Waals surface area contributed by atoms with Crippen molar-refractivity contribution in [1.29, 1.82) is 5.26 Å². The summed E-state index contributed by atoms with van der Waals surface area (Å²) in [7, 11) is 1.55. The molecule has 1 aromatic heterocycles. The largest absolute Gasteiger partial charge is 0.385 e. The summed E-state index contributed by atoms with van der Waals surface area (Å²) >= 11 is 0. The maximum absolute atomic E-state index is 13.9. The van der Waals surface area contributed by atoms with Crippen molar-refractivity contribution < 1.29 is 18.3 Å². The van der Waals surface area contributed by atoms with E-state index in [0.29, 0.717) is 19.6 Å². The molecule has 0 radical (unpaired) electrons. The van der Waals surface area contributed by atoms with E-state index in [1.165, 1.54) is 16.8 Å². The second-order valence-electron chi connectivity index (χ2n) is 4.76. The molecule has 1 N–H and O–H groups in total. The molecular weight excluding hydrogens is 304 g/mol. The molecule has 120 valence electrons. The highest BCUT2D eigenvalue weighted by Crippen LogP contribution is 2.20. The summed E-state index contributed by atoms with van der Waals surface area (Å²) in [5.41, 5.74) is -0.0825. The van der Waals surface area contributed by atoms with Crippen LogP contribution in [0, 0.1) is 23.0 Å². The first-order valence-electron chi connectivity index (χ1n) is 6.92. The van der Waals surface area contributed by atoms with Crippen molar-refractivity contribution in [3.63, 3.8) is 0 Å². The molecule has 2 rings (SSSR count). The summed E-state index contributed by atoms with van der Waals surface area (Å²) in [6, 6.07) is 6.19. The number of nitrogens with one attached hydrogen (secondary N) is 1. The topological polar surface area (TPSA) is 67.0 Å². The van der Waals surface area contributed by atoms with E-state index in [4.69, 9.17) is 10.00 Å². The number of benzene rings is 1. The van der Waals surface area contributed by atoms with Gasteiger partial charge in [-0.15, -0.1) is 0 Å². The summed E-state index contributed by atoms with van der Waals surface area (Å²) in [5, 5.41) is 11.8. The Kier molecular flexibility index (Phi) is 5.44. The number of nitrogens with zero attached hydrogens (tertiary/aromatic N) is 2. The second-order valence-corrected chi connectivity index (χ2v) is 4.76. The van der Waals surface area contributed by atoms with Crippen molar-refractivity contribution in [2.75, 3.05) is 20.3 Å². The summed E-state index contributed by atoms with van der Waals surface area (Å²) in [6.45, 7) is 0.819. The fraction of sp³-hybridized carbons (Fsp3) is 0.250. The third-order valence-electron chi connectivity index (χ3n) is 3.20. The van der Waals surface area contributed by atoms with Gasteiger partial charge < -0.3 is 14.6 Å². The predicted molar refractivity (Wildman–Crippen MR) is 79.2 cm³/mol. The van der Waals surface area contributed by atoms with E-state index in [0.717, 1.165) is 18.2 Å². The maximum atomic E-state index is 13.9. The van der Waals surface area contributed by atoms with Crippen LogP contribution < -0.4 is 5.32 Å². The van der Waals surface area contributed by atoms with Crippen LogP contribution in [0.3, 0.4) is 0 Å². The molecule has 0 fully saturated rings. The average Bonchev–Trinajstić information content (AvgIpc) is 2.97. The third kappa shape index (κ3) is 3.73. The van der Waals surface area contributed by atoms with Crippen molar-refractivity contribution in [2.24, 2.45) is 0 Å². The quantitative estimate of drug-likeness (QED) is 0.831. The Labute approximate surface area is 132 Å². The molecule has 0 bridgehead atoms. The highest BCUT2D eigenvalue weighted by atomic mass is 19.1. The Bertz CT molecular complexity index is 750. The smallest absolute Gasteiger partial charge is 0.269 e. The van der Waals surface area contributed by atoms with Crippen LogP contribution in [0.2, 0.25) is 0 Å². The van der Waals surface area contributed by atoms with E-state index in [2.05, 4.69) is 5.32 Å². The molecule has 7 heteroatoms. The van der Waals surface area contributed by atoms with E-state index in [9.17, 15) is 13.6 Å². The molecule has 5 nitrogen and oxygen atoms in total. The summed E-state index contributed by atoms with van der Waals surface area (Å²) < 4.78 is 33.4. The number of carbonyl (C=O) groups is 1. The standard InChI is InChI=1S/C16H15F2N3O2/c1-23-8-2-6-20-16(22)15-11(10-19)5-7-21(15)14-9-12(17)3-4-13(14)18/h3-5,7,9H,2,6,8H2,1H3,(H,20,22). The fourth-order valence-corrected chi connectivity index (χ4v) is 2.13. The van der Waals surface area contributed by atoms with Crippen molar-refractivity contribution >= 4 is 5.91 Å². The Hall–Kier alpha value is -2.72. The maximum Gasteiger partial charge on any atom is 0.269 e. The van der Waals surface area contributed by atoms with Crippen molar-refractivity contribution in [1.82, 2.24) is 9.88 Å². The fourth-order valence-electron chi connectivity index (χ4n) is 2.13. The summed E-state index contributed by atoms with van der Waals surface area (Å²) in [5.74, 6) is -1.87. The van der Waals surface area contributed by atoms with Gasteiger partial charge in [0.1, 0.15) is 23.4 Å². The molecule has 0 atom stereocenters. The number of aromatic nitrogens is 1. The van der Waals surface area contributed by atoms with E-state index in [1.54, 1.807) is 7.11 Å². The van der Waals surface area contributed by atoms with Gasteiger partial charge >= 0.3 is 0 Å². The van der Waals surface area contributed by atoms with Crippen LogP contribution in [-0.4, -0.2) is 30.7 Å². The number of carbonyl (C=O) groups excluding carboxylic acids is 1. The van der Waals surface area contributed by atoms with Gasteiger partial charge in [-0.05, 0) is 24.6 Å². The lowest BCUT2D eigenvalue weighted by Gasteiger charge is -2.11. The van der Waals surface area contributed by atoms with Crippen molar-refractivity contribution in [2.45, 2.75) is 6.42 Å². The lowest BCUT2D eigenvalue weighted by Crippen LogP contribution is -2.28. The van der Waals surface area contributed by atoms with Gasteiger partial charge in [0.05, 0.1) is 11.3 Å². The minimum absolute atomic E-state index is 0.0329. The number of halogens is 2. The van der Waals surface area contributed by atoms with Gasteiger partial charge in [-0.2, -0.15) is 5.26 Å². The normalized spacial score (nSPS) is 10.3. The highest BCUT2D eigenvalue weighted by Gasteiger charge is 2.20. The first kappa shape index (κ1) is 16.6. The molecule has 0 spiro atoms. The third-order valence-corrected chi connectivity index (χ3v) is 3.20. The number of hydrogen-bond acceptors (Lipinski definition) is 3. The van der Waals surface area contributed by atoms with Crippen LogP contribution in [-0.2, 0) is 4.74 Å². The average molecular weight is 319 g/mol. The van der Waals surface area contributed by atoms with Crippen LogP contribution >= 0.6 is 0 Å². The van der Waals surface area contributed by atoms with E-state index in [1.807, 2.05) is 6.07 Å². The zero-order valence-corrected chi connectivity index (χ0v) is 12.5. The number of rotatable bonds is 6. The van der Waals surface area contributed by atoms with Crippen LogP contribution in [0.15, 0.2) is 30.5 Å². The molecule has 23 heavy (non-hydrogen) atoms. The highest BCUT2D eigenvalue weighted by molar-refractivity contribution is 5.95. The summed E-state index contributed by atoms with van der Waals surface area (Å²) in [4.78, 5) is 12.3. The van der Waals surface area contributed by atoms with Crippen LogP contribution in [0.4, 0.5) is 8.78 Å². The SMILES string of the molecule is COCCCNC(=O)c1c(C#N)ccn1-c1cc(F)ccc1F. The molecule has 2 aromatic rings. The van der Waals surface area contributed by atoms with Crippen LogP contribution in [0.1, 0.15) is 22.5 Å². The molecule has 0 unspecified atom stereocenters. The van der Waals surface area contributed by atoms with E-state index < -0.39 is 17.5 Å². The molecule has 1 amide bonds. The van der Waals surface area contributed by atoms with Gasteiger partial charge in [0.15, 0.2) is 0 Å². The van der Waals surface area contributed by atoms with Gasteiger partial charge in [0, 0.05) is 32.5 Å². The molecule has 0 aliphatic rings. The van der Waals surface area contributed by atoms with Gasteiger partial charge in [-0.1, -0.05) is 0 Å². The summed E-state index contributed by atoms with van der Waals surface area (Å²) in [6.07, 6.45) is 1.96. The van der Waals surface area contributed by atoms with Crippen LogP contribution in [0.5, 0.6) is 0 Å². The Balaban J connectivity index is 2.35. The monoisotopic (exact) mass is 319 g/mol. The Morgan fingerprint density at radius 2 is 2.17 bits per heavy atom. The molecule has 0 aliphatic carbocycles. The lowest BCUT2D eigenvalue weighted by atomic mass is 10.2. The lowest BCUT2D eigenvalue weighted by molar-refractivity contribution is 0.0941. The number of hydrogen-bond donors (Lipinski definition) is 1. The van der Waals surface area contributed by atoms with Gasteiger partial charge in [0.25, 0.3) is 5.91 Å². The zero-order chi connectivity index (χ0) is 16.8. The molecule has 0 aliphatic heterocycles. The zero-order valence-electron chi connectivity index (χ0n) is 12.5. The molecule has 1 heterocycles. The van der Waals surface area contributed by atoms with E-state index >= 15 is 0 Å². The molecule has 1 aromatic carbocycles. The van der Waals surface area contributed by atoms with Crippen LogP contribution in [0.25, 0.3) is 5.69 Å². The van der Waals surface area contributed by atoms with Gasteiger partial charge in [0.2, 0.25) is 0 Å². The molecular formula is C16H15F2N3O2. The Morgan fingerprint density at radius 1 is 1.39 bits per heavy atom. The first-order chi connectivity index (χ1) is 11.1. The molecule has 0 saturated carbocycles. The number of amides is 1. The Morgan fingerprint density at radius 3 is 2.87 bits per heavy atom. The predicted octanol–water partition coefficient (Wildman–Crippen LogP) is 2.39. The second kappa shape index (κ2) is 7.51. The van der Waals surface area contributed by atoms with Gasteiger partial charge in [-0.3, -0.25) is 4.79 Å². The van der Waals surface area contributed by atoms with Crippen molar-refractivity contribution in [3.8, 4) is 11.8 Å². The first-order valence-corrected chi connectivity index (χ1v) is 6.92. The molecule has 0 saturated heterocycles. The minimum Gasteiger partial charge on any atom is -0.385 e. The van der Waals surface area contributed by atoms with Gasteiger partial charge in [-0.25, -0.2) is 8.78 Å². The minimum atomic E-state index is -0.695. The number of ether oxygens (including phenoxy) is 1. The van der Waals surface area contributed by atoms with E-state index in [-0.39, 0.29) is 16.9 Å². The van der Waals surface area contributed by atoms with Crippen molar-refractivity contribution in [3.05, 3.63) is 53.4 Å².